The average molecular weight is 414 g/mol. The minimum Gasteiger partial charge on any atom is -0.365 e. The molecule has 12 heteroatoms. The van der Waals surface area contributed by atoms with Crippen LogP contribution in [0.1, 0.15) is 22.8 Å². The SMILES string of the molecule is N=C(c1n[nH]c(C(F)(F)C(F)(F)F)n1)c1cccnc1NCc1ccccc1F. The second kappa shape index (κ2) is 7.53. The van der Waals surface area contributed by atoms with Gasteiger partial charge in [0.1, 0.15) is 17.3 Å². The van der Waals surface area contributed by atoms with Gasteiger partial charge >= 0.3 is 12.1 Å². The van der Waals surface area contributed by atoms with Crippen molar-refractivity contribution >= 4 is 11.5 Å². The van der Waals surface area contributed by atoms with Crippen LogP contribution in [0.15, 0.2) is 42.6 Å². The van der Waals surface area contributed by atoms with Gasteiger partial charge in [-0.25, -0.2) is 14.4 Å². The number of hydrogen-bond acceptors (Lipinski definition) is 5. The zero-order chi connectivity index (χ0) is 21.2. The summed E-state index contributed by atoms with van der Waals surface area (Å²) in [6, 6.07) is 8.72. The highest BCUT2D eigenvalue weighted by molar-refractivity contribution is 6.11. The quantitative estimate of drug-likeness (QED) is 0.420. The van der Waals surface area contributed by atoms with Crippen molar-refractivity contribution in [2.45, 2.75) is 18.6 Å². The van der Waals surface area contributed by atoms with Crippen LogP contribution in [0.5, 0.6) is 0 Å². The number of aromatic nitrogens is 4. The van der Waals surface area contributed by atoms with Crippen molar-refractivity contribution in [2.24, 2.45) is 0 Å². The van der Waals surface area contributed by atoms with Crippen LogP contribution < -0.4 is 5.32 Å². The molecule has 0 unspecified atom stereocenters. The molecule has 3 N–H and O–H groups in total. The first-order valence-electron chi connectivity index (χ1n) is 8.00. The number of anilines is 1. The molecule has 3 aromatic rings. The third-order valence-electron chi connectivity index (χ3n) is 3.84. The first-order valence-corrected chi connectivity index (χ1v) is 8.00. The van der Waals surface area contributed by atoms with Crippen LogP contribution >= 0.6 is 0 Å². The summed E-state index contributed by atoms with van der Waals surface area (Å²) in [4.78, 5) is 7.12. The topological polar surface area (TPSA) is 90.3 Å². The third kappa shape index (κ3) is 4.05. The summed E-state index contributed by atoms with van der Waals surface area (Å²) >= 11 is 0. The number of rotatable bonds is 6. The summed E-state index contributed by atoms with van der Waals surface area (Å²) < 4.78 is 77.9. The molecule has 0 bridgehead atoms. The van der Waals surface area contributed by atoms with Gasteiger partial charge in [0.2, 0.25) is 5.82 Å². The van der Waals surface area contributed by atoms with Crippen LogP contribution in [0, 0.1) is 11.2 Å². The van der Waals surface area contributed by atoms with Gasteiger partial charge in [-0.1, -0.05) is 18.2 Å². The van der Waals surface area contributed by atoms with Crippen LogP contribution in [0.25, 0.3) is 0 Å². The molecule has 0 fully saturated rings. The molecule has 3 rings (SSSR count). The van der Waals surface area contributed by atoms with E-state index in [9.17, 15) is 26.3 Å². The highest BCUT2D eigenvalue weighted by Gasteiger charge is 2.61. The first-order chi connectivity index (χ1) is 13.6. The maximum Gasteiger partial charge on any atom is 0.461 e. The summed E-state index contributed by atoms with van der Waals surface area (Å²) in [7, 11) is 0. The monoisotopic (exact) mass is 414 g/mol. The van der Waals surface area contributed by atoms with E-state index < -0.39 is 35.3 Å². The van der Waals surface area contributed by atoms with Gasteiger partial charge < -0.3 is 5.32 Å². The number of aromatic amines is 1. The van der Waals surface area contributed by atoms with Crippen LogP contribution in [0.2, 0.25) is 0 Å². The Morgan fingerprint density at radius 1 is 1.07 bits per heavy atom. The standard InChI is InChI=1S/C17H12F6N6/c18-11-6-2-1-4-9(11)8-26-13-10(5-3-7-25-13)12(24)14-27-15(29-28-14)16(19,20)17(21,22)23/h1-7,24H,8H2,(H,25,26)(H,27,28,29). The molecule has 0 amide bonds. The van der Waals surface area contributed by atoms with Gasteiger partial charge in [-0.15, -0.1) is 0 Å². The van der Waals surface area contributed by atoms with Gasteiger partial charge in [0.05, 0.1) is 0 Å². The number of nitrogens with one attached hydrogen (secondary N) is 3. The van der Waals surface area contributed by atoms with Crippen molar-refractivity contribution < 1.29 is 26.3 Å². The van der Waals surface area contributed by atoms with Gasteiger partial charge in [0, 0.05) is 23.9 Å². The predicted molar refractivity (Wildman–Crippen MR) is 90.2 cm³/mol. The first kappa shape index (κ1) is 20.3. The fourth-order valence-electron chi connectivity index (χ4n) is 2.34. The number of alkyl halides is 5. The second-order valence-electron chi connectivity index (χ2n) is 5.80. The summed E-state index contributed by atoms with van der Waals surface area (Å²) in [6.07, 6.45) is -4.51. The molecule has 2 heterocycles. The minimum atomic E-state index is -5.87. The van der Waals surface area contributed by atoms with E-state index in [-0.39, 0.29) is 17.9 Å². The Hall–Kier alpha value is -3.44. The Bertz CT molecular complexity index is 1030. The highest BCUT2D eigenvalue weighted by Crippen LogP contribution is 2.42. The average Bonchev–Trinajstić information content (AvgIpc) is 3.17. The largest absolute Gasteiger partial charge is 0.461 e. The lowest BCUT2D eigenvalue weighted by Crippen LogP contribution is -2.34. The number of H-pyrrole nitrogens is 1. The molecule has 0 aliphatic heterocycles. The van der Waals surface area contributed by atoms with Crippen LogP contribution in [0.3, 0.4) is 0 Å². The van der Waals surface area contributed by atoms with Gasteiger partial charge in [0.25, 0.3) is 0 Å². The number of pyridine rings is 1. The smallest absolute Gasteiger partial charge is 0.365 e. The molecule has 0 spiro atoms. The lowest BCUT2D eigenvalue weighted by molar-refractivity contribution is -0.292. The maximum absolute atomic E-state index is 13.7. The second-order valence-corrected chi connectivity index (χ2v) is 5.80. The Labute approximate surface area is 159 Å². The van der Waals surface area contributed by atoms with Crippen molar-refractivity contribution in [3.05, 3.63) is 71.2 Å². The van der Waals surface area contributed by atoms with E-state index in [1.54, 1.807) is 6.07 Å². The fraction of sp³-hybridized carbons (Fsp3) is 0.176. The number of hydrogen-bond donors (Lipinski definition) is 3. The molecule has 0 atom stereocenters. The van der Waals surface area contributed by atoms with Crippen LogP contribution in [-0.2, 0) is 12.5 Å². The summed E-state index contributed by atoms with van der Waals surface area (Å²) in [5, 5.41) is 15.7. The predicted octanol–water partition coefficient (Wildman–Crippen LogP) is 4.02. The number of nitrogens with zero attached hydrogens (tertiary/aromatic N) is 3. The van der Waals surface area contributed by atoms with Crippen LogP contribution in [-0.4, -0.2) is 32.1 Å². The molecule has 0 saturated carbocycles. The molecule has 152 valence electrons. The van der Waals surface area contributed by atoms with Gasteiger partial charge in [-0.2, -0.15) is 27.1 Å². The Balaban J connectivity index is 1.85. The Morgan fingerprint density at radius 3 is 2.48 bits per heavy atom. The molecular weight excluding hydrogens is 402 g/mol. The zero-order valence-electron chi connectivity index (χ0n) is 14.4. The van der Waals surface area contributed by atoms with Crippen LogP contribution in [0.4, 0.5) is 32.2 Å². The molecule has 1 aromatic carbocycles. The van der Waals surface area contributed by atoms with Crippen molar-refractivity contribution in [1.82, 2.24) is 20.2 Å². The van der Waals surface area contributed by atoms with E-state index in [4.69, 9.17) is 5.41 Å². The zero-order valence-corrected chi connectivity index (χ0v) is 14.4. The summed E-state index contributed by atoms with van der Waals surface area (Å²) in [5.74, 6) is -8.05. The molecular formula is C17H12F6N6. The van der Waals surface area contributed by atoms with E-state index in [0.29, 0.717) is 5.56 Å². The molecule has 0 radical (unpaired) electrons. The lowest BCUT2D eigenvalue weighted by Gasteiger charge is -2.16. The number of halogens is 6. The van der Waals surface area contributed by atoms with Gasteiger partial charge in [0.15, 0.2) is 5.82 Å². The van der Waals surface area contributed by atoms with E-state index in [1.807, 2.05) is 0 Å². The molecule has 0 aliphatic carbocycles. The van der Waals surface area contributed by atoms with Gasteiger partial charge in [-0.05, 0) is 18.2 Å². The van der Waals surface area contributed by atoms with E-state index in [2.05, 4.69) is 20.4 Å². The highest BCUT2D eigenvalue weighted by atomic mass is 19.4. The van der Waals surface area contributed by atoms with Gasteiger partial charge in [-0.3, -0.25) is 10.5 Å². The maximum atomic E-state index is 13.7. The Morgan fingerprint density at radius 2 is 1.79 bits per heavy atom. The van der Waals surface area contributed by atoms with E-state index in [1.165, 1.54) is 41.6 Å². The fourth-order valence-corrected chi connectivity index (χ4v) is 2.34. The molecule has 2 aromatic heterocycles. The Kier molecular flexibility index (Phi) is 5.27. The molecule has 6 nitrogen and oxygen atoms in total. The van der Waals surface area contributed by atoms with Crippen molar-refractivity contribution in [1.29, 1.82) is 5.41 Å². The normalized spacial score (nSPS) is 12.1. The lowest BCUT2D eigenvalue weighted by atomic mass is 10.1. The summed E-state index contributed by atoms with van der Waals surface area (Å²) in [5.41, 5.74) is -0.208. The third-order valence-corrected chi connectivity index (χ3v) is 3.84. The summed E-state index contributed by atoms with van der Waals surface area (Å²) in [6.45, 7) is -0.00461. The van der Waals surface area contributed by atoms with Crippen molar-refractivity contribution in [2.75, 3.05) is 5.32 Å². The van der Waals surface area contributed by atoms with E-state index in [0.717, 1.165) is 0 Å². The van der Waals surface area contributed by atoms with E-state index >= 15 is 0 Å². The minimum absolute atomic E-state index is 0.00461. The molecule has 0 aliphatic rings. The van der Waals surface area contributed by atoms with Crippen molar-refractivity contribution in [3.63, 3.8) is 0 Å². The molecule has 0 saturated heterocycles. The number of benzene rings is 1. The van der Waals surface area contributed by atoms with Crippen molar-refractivity contribution in [3.8, 4) is 0 Å². The molecule has 29 heavy (non-hydrogen) atoms.